The molecule has 0 saturated carbocycles. The molecule has 0 N–H and O–H groups in total. The van der Waals surface area contributed by atoms with Crippen molar-refractivity contribution < 1.29 is 14.5 Å². The second-order valence-electron chi connectivity index (χ2n) is 7.40. The Kier molecular flexibility index (Phi) is 4.45. The number of nitro groups is 1. The molecule has 8 nitrogen and oxygen atoms in total. The standard InChI is InChI=1S/C19H19ClN4O4/c1-11-7-13-14(25)9-19(28-15(13)8-12(11)2)3-5-23(6-4-19)18-16(24(26)27)17(20)21-10-22-18/h7-8,10H,3-6,9H2,1-2H3. The lowest BCUT2D eigenvalue weighted by molar-refractivity contribution is -0.384. The summed E-state index contributed by atoms with van der Waals surface area (Å²) in [6.07, 6.45) is 2.65. The number of piperidine rings is 1. The average molecular weight is 403 g/mol. The third kappa shape index (κ3) is 3.07. The van der Waals surface area contributed by atoms with Gasteiger partial charge in [0.2, 0.25) is 11.0 Å². The molecule has 0 radical (unpaired) electrons. The Morgan fingerprint density at radius 1 is 1.21 bits per heavy atom. The molecule has 0 amide bonds. The Hall–Kier alpha value is -2.74. The molecule has 1 aromatic carbocycles. The number of aryl methyl sites for hydroxylation is 2. The van der Waals surface area contributed by atoms with E-state index in [2.05, 4.69) is 9.97 Å². The van der Waals surface area contributed by atoms with E-state index in [9.17, 15) is 14.9 Å². The van der Waals surface area contributed by atoms with Crippen LogP contribution in [-0.2, 0) is 0 Å². The van der Waals surface area contributed by atoms with Crippen molar-refractivity contribution in [1.82, 2.24) is 9.97 Å². The molecule has 2 aliphatic heterocycles. The first kappa shape index (κ1) is 18.6. The fourth-order valence-electron chi connectivity index (χ4n) is 3.89. The maximum absolute atomic E-state index is 12.7. The summed E-state index contributed by atoms with van der Waals surface area (Å²) in [5.74, 6) is 0.909. The predicted molar refractivity (Wildman–Crippen MR) is 103 cm³/mol. The fourth-order valence-corrected chi connectivity index (χ4v) is 4.09. The van der Waals surface area contributed by atoms with Crippen molar-refractivity contribution in [2.75, 3.05) is 18.0 Å². The molecule has 1 saturated heterocycles. The molecule has 9 heteroatoms. The molecule has 0 bridgehead atoms. The highest BCUT2D eigenvalue weighted by Crippen LogP contribution is 2.42. The van der Waals surface area contributed by atoms with Crippen molar-refractivity contribution in [2.45, 2.75) is 38.7 Å². The third-order valence-electron chi connectivity index (χ3n) is 5.62. The highest BCUT2D eigenvalue weighted by Gasteiger charge is 2.44. The summed E-state index contributed by atoms with van der Waals surface area (Å²) in [6.45, 7) is 4.92. The van der Waals surface area contributed by atoms with Gasteiger partial charge in [-0.05, 0) is 37.1 Å². The van der Waals surface area contributed by atoms with Crippen LogP contribution in [-0.4, -0.2) is 39.4 Å². The summed E-state index contributed by atoms with van der Waals surface area (Å²) in [7, 11) is 0. The number of Topliss-reactive ketones (excluding diaryl/α,β-unsaturated/α-hetero) is 1. The molecule has 0 atom stereocenters. The zero-order valence-electron chi connectivity index (χ0n) is 15.6. The normalized spacial score (nSPS) is 18.0. The van der Waals surface area contributed by atoms with Gasteiger partial charge in [-0.2, -0.15) is 0 Å². The number of ether oxygens (including phenoxy) is 1. The van der Waals surface area contributed by atoms with Crippen LogP contribution in [0.4, 0.5) is 11.5 Å². The van der Waals surface area contributed by atoms with Crippen molar-refractivity contribution in [3.63, 3.8) is 0 Å². The van der Waals surface area contributed by atoms with Gasteiger partial charge in [-0.25, -0.2) is 9.97 Å². The Morgan fingerprint density at radius 2 is 1.89 bits per heavy atom. The zero-order valence-corrected chi connectivity index (χ0v) is 16.3. The van der Waals surface area contributed by atoms with Crippen LogP contribution in [0.15, 0.2) is 18.5 Å². The van der Waals surface area contributed by atoms with Gasteiger partial charge >= 0.3 is 5.69 Å². The number of carbonyl (C=O) groups excluding carboxylic acids is 1. The Balaban J connectivity index is 1.58. The van der Waals surface area contributed by atoms with Gasteiger partial charge in [-0.1, -0.05) is 11.6 Å². The van der Waals surface area contributed by atoms with Gasteiger partial charge in [-0.3, -0.25) is 14.9 Å². The molecular formula is C19H19ClN4O4. The van der Waals surface area contributed by atoms with Gasteiger partial charge in [0.1, 0.15) is 17.7 Å². The molecule has 1 aromatic heterocycles. The lowest BCUT2D eigenvalue weighted by Gasteiger charge is -2.44. The number of ketones is 1. The highest BCUT2D eigenvalue weighted by molar-refractivity contribution is 6.31. The SMILES string of the molecule is Cc1cc2c(cc1C)C(=O)CC1(CCN(c3ncnc(Cl)c3[N+](=O)[O-])CC1)O2. The van der Waals surface area contributed by atoms with Crippen molar-refractivity contribution in [1.29, 1.82) is 0 Å². The first-order valence-electron chi connectivity index (χ1n) is 9.03. The second kappa shape index (κ2) is 6.70. The molecule has 4 rings (SSSR count). The molecular weight excluding hydrogens is 384 g/mol. The van der Waals surface area contributed by atoms with E-state index >= 15 is 0 Å². The van der Waals surface area contributed by atoms with E-state index in [1.54, 1.807) is 4.90 Å². The van der Waals surface area contributed by atoms with E-state index in [1.807, 2.05) is 26.0 Å². The van der Waals surface area contributed by atoms with Crippen LogP contribution >= 0.6 is 11.6 Å². The van der Waals surface area contributed by atoms with Gasteiger partial charge in [0.05, 0.1) is 16.9 Å². The van der Waals surface area contributed by atoms with Crippen molar-refractivity contribution in [3.05, 3.63) is 50.4 Å². The van der Waals surface area contributed by atoms with E-state index in [1.165, 1.54) is 6.33 Å². The molecule has 1 fully saturated rings. The first-order chi connectivity index (χ1) is 13.3. The number of carbonyl (C=O) groups is 1. The Morgan fingerprint density at radius 3 is 2.57 bits per heavy atom. The maximum Gasteiger partial charge on any atom is 0.348 e. The number of rotatable bonds is 2. The summed E-state index contributed by atoms with van der Waals surface area (Å²) in [5.41, 5.74) is 1.89. The van der Waals surface area contributed by atoms with Gasteiger partial charge < -0.3 is 9.64 Å². The van der Waals surface area contributed by atoms with Crippen LogP contribution in [0.5, 0.6) is 5.75 Å². The maximum atomic E-state index is 12.7. The highest BCUT2D eigenvalue weighted by atomic mass is 35.5. The number of hydrogen-bond acceptors (Lipinski definition) is 7. The number of anilines is 1. The summed E-state index contributed by atoms with van der Waals surface area (Å²) < 4.78 is 6.31. The van der Waals surface area contributed by atoms with Crippen LogP contribution in [0.1, 0.15) is 40.7 Å². The van der Waals surface area contributed by atoms with Crippen molar-refractivity contribution in [3.8, 4) is 5.75 Å². The van der Waals surface area contributed by atoms with Crippen molar-refractivity contribution >= 4 is 28.9 Å². The number of nitrogens with zero attached hydrogens (tertiary/aromatic N) is 4. The monoisotopic (exact) mass is 402 g/mol. The number of hydrogen-bond donors (Lipinski definition) is 0. The van der Waals surface area contributed by atoms with Crippen LogP contribution in [0.2, 0.25) is 5.15 Å². The fraction of sp³-hybridized carbons (Fsp3) is 0.421. The van der Waals surface area contributed by atoms with Gasteiger partial charge in [0, 0.05) is 25.9 Å². The largest absolute Gasteiger partial charge is 0.486 e. The molecule has 28 heavy (non-hydrogen) atoms. The molecule has 3 heterocycles. The summed E-state index contributed by atoms with van der Waals surface area (Å²) in [5, 5.41) is 11.2. The minimum Gasteiger partial charge on any atom is -0.486 e. The topological polar surface area (TPSA) is 98.5 Å². The molecule has 2 aromatic rings. The van der Waals surface area contributed by atoms with E-state index < -0.39 is 10.5 Å². The van der Waals surface area contributed by atoms with Gasteiger partial charge in [0.15, 0.2) is 5.78 Å². The minimum absolute atomic E-state index is 0.0776. The van der Waals surface area contributed by atoms with E-state index in [4.69, 9.17) is 16.3 Å². The number of benzene rings is 1. The Bertz CT molecular complexity index is 986. The minimum atomic E-state index is -0.589. The summed E-state index contributed by atoms with van der Waals surface area (Å²) in [6, 6.07) is 3.81. The number of halogens is 1. The third-order valence-corrected chi connectivity index (χ3v) is 5.90. The lowest BCUT2D eigenvalue weighted by Crippen LogP contribution is -2.51. The van der Waals surface area contributed by atoms with Crippen LogP contribution in [0.3, 0.4) is 0 Å². The van der Waals surface area contributed by atoms with Crippen molar-refractivity contribution in [2.24, 2.45) is 0 Å². The molecule has 0 unspecified atom stereocenters. The first-order valence-corrected chi connectivity index (χ1v) is 9.41. The van der Waals surface area contributed by atoms with E-state index in [-0.39, 0.29) is 22.4 Å². The molecule has 2 aliphatic rings. The quantitative estimate of drug-likeness (QED) is 0.429. The van der Waals surface area contributed by atoms with E-state index in [0.29, 0.717) is 43.7 Å². The van der Waals surface area contributed by atoms with Gasteiger partial charge in [0.25, 0.3) is 0 Å². The van der Waals surface area contributed by atoms with Gasteiger partial charge in [-0.15, -0.1) is 0 Å². The Labute approximate surface area is 166 Å². The lowest BCUT2D eigenvalue weighted by atomic mass is 9.82. The van der Waals surface area contributed by atoms with Crippen LogP contribution in [0, 0.1) is 24.0 Å². The molecule has 0 aliphatic carbocycles. The number of fused-ring (bicyclic) bond motifs is 1. The number of aromatic nitrogens is 2. The van der Waals surface area contributed by atoms with E-state index in [0.717, 1.165) is 11.1 Å². The second-order valence-corrected chi connectivity index (χ2v) is 7.76. The van der Waals surface area contributed by atoms with Crippen LogP contribution in [0.25, 0.3) is 0 Å². The summed E-state index contributed by atoms with van der Waals surface area (Å²) in [4.78, 5) is 33.1. The predicted octanol–water partition coefficient (Wildman–Crippen LogP) is 3.66. The smallest absolute Gasteiger partial charge is 0.348 e. The average Bonchev–Trinajstić information content (AvgIpc) is 2.64. The van der Waals surface area contributed by atoms with Crippen LogP contribution < -0.4 is 9.64 Å². The zero-order chi connectivity index (χ0) is 20.1. The summed E-state index contributed by atoms with van der Waals surface area (Å²) >= 11 is 5.90. The molecule has 146 valence electrons. The molecule has 1 spiro atoms.